The lowest BCUT2D eigenvalue weighted by atomic mass is 10.0. The van der Waals surface area contributed by atoms with Crippen LogP contribution in [-0.4, -0.2) is 11.8 Å². The van der Waals surface area contributed by atoms with Crippen molar-refractivity contribution < 1.29 is 9.59 Å². The van der Waals surface area contributed by atoms with Gasteiger partial charge in [-0.3, -0.25) is 9.59 Å². The third kappa shape index (κ3) is 4.00. The molecule has 3 aromatic carbocycles. The van der Waals surface area contributed by atoms with E-state index in [9.17, 15) is 9.59 Å². The van der Waals surface area contributed by atoms with Crippen LogP contribution < -0.4 is 10.6 Å². The van der Waals surface area contributed by atoms with E-state index in [1.165, 1.54) is 0 Å². The quantitative estimate of drug-likeness (QED) is 0.696. The van der Waals surface area contributed by atoms with Crippen LogP contribution in [0.1, 0.15) is 24.0 Å². The topological polar surface area (TPSA) is 58.2 Å². The first-order valence-corrected chi connectivity index (χ1v) is 9.28. The van der Waals surface area contributed by atoms with Gasteiger partial charge in [-0.2, -0.15) is 0 Å². The van der Waals surface area contributed by atoms with Gasteiger partial charge in [0.2, 0.25) is 11.8 Å². The number of aryl methyl sites for hydroxylation is 1. The van der Waals surface area contributed by atoms with Crippen LogP contribution >= 0.6 is 0 Å². The molecule has 136 valence electrons. The molecule has 27 heavy (non-hydrogen) atoms. The molecule has 0 radical (unpaired) electrons. The Hall–Kier alpha value is -3.14. The molecule has 3 aromatic rings. The van der Waals surface area contributed by atoms with E-state index in [1.54, 1.807) is 0 Å². The minimum atomic E-state index is -0.0744. The Kier molecular flexibility index (Phi) is 4.63. The van der Waals surface area contributed by atoms with E-state index in [0.29, 0.717) is 12.1 Å². The van der Waals surface area contributed by atoms with Crippen LogP contribution in [0.25, 0.3) is 10.8 Å². The van der Waals surface area contributed by atoms with Gasteiger partial charge in [-0.1, -0.05) is 48.5 Å². The molecule has 2 N–H and O–H groups in total. The molecule has 1 aliphatic rings. The summed E-state index contributed by atoms with van der Waals surface area (Å²) >= 11 is 0. The van der Waals surface area contributed by atoms with Crippen molar-refractivity contribution in [2.75, 3.05) is 10.6 Å². The highest BCUT2D eigenvalue weighted by Crippen LogP contribution is 2.31. The molecule has 0 bridgehead atoms. The molecule has 2 amide bonds. The highest BCUT2D eigenvalue weighted by atomic mass is 16.2. The van der Waals surface area contributed by atoms with Crippen molar-refractivity contribution >= 4 is 34.0 Å². The summed E-state index contributed by atoms with van der Waals surface area (Å²) in [6, 6.07) is 19.7. The summed E-state index contributed by atoms with van der Waals surface area (Å²) in [6.45, 7) is 1.95. The molecule has 0 aliphatic heterocycles. The largest absolute Gasteiger partial charge is 0.326 e. The summed E-state index contributed by atoms with van der Waals surface area (Å²) in [5, 5.41) is 8.14. The predicted molar refractivity (Wildman–Crippen MR) is 109 cm³/mol. The van der Waals surface area contributed by atoms with E-state index in [4.69, 9.17) is 0 Å². The van der Waals surface area contributed by atoms with Gasteiger partial charge in [0, 0.05) is 17.3 Å². The number of rotatable bonds is 5. The van der Waals surface area contributed by atoms with Crippen molar-refractivity contribution in [2.24, 2.45) is 5.92 Å². The summed E-state index contributed by atoms with van der Waals surface area (Å²) in [5.74, 6) is 0.140. The first-order valence-electron chi connectivity index (χ1n) is 9.28. The summed E-state index contributed by atoms with van der Waals surface area (Å²) < 4.78 is 0. The zero-order valence-corrected chi connectivity index (χ0v) is 15.3. The maximum absolute atomic E-state index is 12.6. The van der Waals surface area contributed by atoms with Crippen molar-refractivity contribution in [3.05, 3.63) is 71.8 Å². The molecule has 1 saturated carbocycles. The van der Waals surface area contributed by atoms with Crippen LogP contribution in [0.15, 0.2) is 60.7 Å². The van der Waals surface area contributed by atoms with Crippen LogP contribution in [0.2, 0.25) is 0 Å². The second-order valence-corrected chi connectivity index (χ2v) is 7.16. The Labute approximate surface area is 158 Å². The molecule has 0 aromatic heterocycles. The number of anilines is 2. The lowest BCUT2D eigenvalue weighted by molar-refractivity contribution is -0.117. The van der Waals surface area contributed by atoms with Gasteiger partial charge in [0.15, 0.2) is 0 Å². The lowest BCUT2D eigenvalue weighted by Crippen LogP contribution is -2.16. The van der Waals surface area contributed by atoms with Gasteiger partial charge >= 0.3 is 0 Å². The first kappa shape index (κ1) is 17.3. The highest BCUT2D eigenvalue weighted by molar-refractivity contribution is 5.98. The van der Waals surface area contributed by atoms with Gasteiger partial charge in [0.1, 0.15) is 0 Å². The molecule has 0 unspecified atom stereocenters. The molecule has 0 atom stereocenters. The van der Waals surface area contributed by atoms with Crippen LogP contribution in [0, 0.1) is 12.8 Å². The molecule has 0 saturated heterocycles. The maximum Gasteiger partial charge on any atom is 0.228 e. The Bertz CT molecular complexity index is 1020. The Morgan fingerprint density at radius 1 is 0.963 bits per heavy atom. The minimum Gasteiger partial charge on any atom is -0.326 e. The van der Waals surface area contributed by atoms with Gasteiger partial charge in [-0.15, -0.1) is 0 Å². The summed E-state index contributed by atoms with van der Waals surface area (Å²) in [5.41, 5.74) is 3.43. The van der Waals surface area contributed by atoms with E-state index >= 15 is 0 Å². The average Bonchev–Trinajstić information content (AvgIpc) is 3.50. The molecule has 1 aliphatic carbocycles. The first-order chi connectivity index (χ1) is 13.1. The van der Waals surface area contributed by atoms with Crippen molar-refractivity contribution in [1.82, 2.24) is 0 Å². The number of hydrogen-bond donors (Lipinski definition) is 2. The second-order valence-electron chi connectivity index (χ2n) is 7.16. The lowest BCUT2D eigenvalue weighted by Gasteiger charge is -2.12. The number of hydrogen-bond acceptors (Lipinski definition) is 2. The van der Waals surface area contributed by atoms with Crippen molar-refractivity contribution in [1.29, 1.82) is 0 Å². The predicted octanol–water partition coefficient (Wildman–Crippen LogP) is 4.68. The van der Waals surface area contributed by atoms with E-state index in [2.05, 4.69) is 10.6 Å². The zero-order valence-electron chi connectivity index (χ0n) is 15.3. The van der Waals surface area contributed by atoms with Crippen LogP contribution in [-0.2, 0) is 16.0 Å². The van der Waals surface area contributed by atoms with E-state index in [-0.39, 0.29) is 17.7 Å². The van der Waals surface area contributed by atoms with E-state index in [0.717, 1.165) is 40.4 Å². The van der Waals surface area contributed by atoms with Crippen molar-refractivity contribution in [2.45, 2.75) is 26.2 Å². The third-order valence-electron chi connectivity index (χ3n) is 4.96. The Morgan fingerprint density at radius 3 is 2.56 bits per heavy atom. The summed E-state index contributed by atoms with van der Waals surface area (Å²) in [6.07, 6.45) is 2.23. The minimum absolute atomic E-state index is 0.0670. The van der Waals surface area contributed by atoms with Crippen LogP contribution in [0.4, 0.5) is 11.4 Å². The summed E-state index contributed by atoms with van der Waals surface area (Å²) in [4.78, 5) is 24.6. The third-order valence-corrected chi connectivity index (χ3v) is 4.96. The standard InChI is InChI=1S/C23H22N2O2/c1-15-9-12-19(14-21(15)25-23(27)17-10-11-17)24-22(26)13-18-7-4-6-16-5-2-3-8-20(16)18/h2-9,12,14,17H,10-11,13H2,1H3,(H,24,26)(H,25,27). The molecule has 0 spiro atoms. The number of carbonyl (C=O) groups excluding carboxylic acids is 2. The van der Waals surface area contributed by atoms with Gasteiger partial charge in [0.25, 0.3) is 0 Å². The monoisotopic (exact) mass is 358 g/mol. The number of amides is 2. The fourth-order valence-corrected chi connectivity index (χ4v) is 3.24. The maximum atomic E-state index is 12.6. The summed E-state index contributed by atoms with van der Waals surface area (Å²) in [7, 11) is 0. The number of benzene rings is 3. The van der Waals surface area contributed by atoms with Gasteiger partial charge in [-0.25, -0.2) is 0 Å². The average molecular weight is 358 g/mol. The molecular formula is C23H22N2O2. The van der Waals surface area contributed by atoms with Crippen molar-refractivity contribution in [3.8, 4) is 0 Å². The second kappa shape index (κ2) is 7.23. The van der Waals surface area contributed by atoms with Crippen LogP contribution in [0.5, 0.6) is 0 Å². The Morgan fingerprint density at radius 2 is 1.74 bits per heavy atom. The number of fused-ring (bicyclic) bond motifs is 1. The fraction of sp³-hybridized carbons (Fsp3) is 0.217. The number of nitrogens with one attached hydrogen (secondary N) is 2. The highest BCUT2D eigenvalue weighted by Gasteiger charge is 2.29. The fourth-order valence-electron chi connectivity index (χ4n) is 3.24. The molecule has 4 heteroatoms. The van der Waals surface area contributed by atoms with Gasteiger partial charge in [0.05, 0.1) is 6.42 Å². The van der Waals surface area contributed by atoms with Crippen molar-refractivity contribution in [3.63, 3.8) is 0 Å². The van der Waals surface area contributed by atoms with Gasteiger partial charge < -0.3 is 10.6 Å². The number of carbonyl (C=O) groups is 2. The zero-order chi connectivity index (χ0) is 18.8. The van der Waals surface area contributed by atoms with E-state index < -0.39 is 0 Å². The molecule has 0 heterocycles. The van der Waals surface area contributed by atoms with Crippen LogP contribution in [0.3, 0.4) is 0 Å². The Balaban J connectivity index is 1.48. The molecule has 4 nitrogen and oxygen atoms in total. The van der Waals surface area contributed by atoms with Gasteiger partial charge in [-0.05, 0) is 53.8 Å². The SMILES string of the molecule is Cc1ccc(NC(=O)Cc2cccc3ccccc23)cc1NC(=O)C1CC1. The van der Waals surface area contributed by atoms with E-state index in [1.807, 2.05) is 67.6 Å². The smallest absolute Gasteiger partial charge is 0.228 e. The normalized spacial score (nSPS) is 13.4. The molecule has 4 rings (SSSR count). The molecule has 1 fully saturated rings. The molecular weight excluding hydrogens is 336 g/mol.